The summed E-state index contributed by atoms with van der Waals surface area (Å²) in [5, 5.41) is 19.3. The lowest BCUT2D eigenvalue weighted by molar-refractivity contribution is -0.144. The van der Waals surface area contributed by atoms with E-state index in [1.807, 2.05) is 6.07 Å². The van der Waals surface area contributed by atoms with E-state index in [-0.39, 0.29) is 91.1 Å². The molecule has 16 nitrogen and oxygen atoms in total. The van der Waals surface area contributed by atoms with E-state index in [0.717, 1.165) is 13.7 Å². The Morgan fingerprint density at radius 3 is 1.72 bits per heavy atom. The molecule has 0 fully saturated rings. The predicted octanol–water partition coefficient (Wildman–Crippen LogP) is -0.709. The summed E-state index contributed by atoms with van der Waals surface area (Å²) in [6.07, 6.45) is -1.10. The maximum atomic E-state index is 13.0. The Labute approximate surface area is 222 Å². The number of nitrogens with zero attached hydrogens (tertiary/aromatic N) is 6. The molecule has 1 N–H and O–H groups in total. The fourth-order valence-electron chi connectivity index (χ4n) is 3.09. The topological polar surface area (TPSA) is 209 Å². The lowest BCUT2D eigenvalue weighted by atomic mass is 10.3. The molecule has 0 aliphatic carbocycles. The van der Waals surface area contributed by atoms with E-state index in [2.05, 4.69) is 10.2 Å². The van der Waals surface area contributed by atoms with E-state index in [0.29, 0.717) is 0 Å². The molecule has 1 aromatic rings. The molecule has 1 rings (SSSR count). The SMILES string of the molecule is [C-]#[N+]CCOC(=O)CCCn1c(=O)n(CCCC(=O)OCCC#N)c(=O)n(CCNC(=O)OCCC#N)c1=O. The third-order valence-corrected chi connectivity index (χ3v) is 4.91. The van der Waals surface area contributed by atoms with Crippen molar-refractivity contribution in [1.29, 1.82) is 10.5 Å². The van der Waals surface area contributed by atoms with E-state index >= 15 is 0 Å². The molecule has 0 radical (unpaired) electrons. The summed E-state index contributed by atoms with van der Waals surface area (Å²) in [6, 6.07) is 3.62. The largest absolute Gasteiger partial charge is 0.465 e. The number of aromatic nitrogens is 3. The van der Waals surface area contributed by atoms with Gasteiger partial charge < -0.3 is 24.4 Å². The average Bonchev–Trinajstić information content (AvgIpc) is 2.90. The Morgan fingerprint density at radius 2 is 1.23 bits per heavy atom. The van der Waals surface area contributed by atoms with Crippen LogP contribution in [0.1, 0.15) is 38.5 Å². The number of alkyl carbamates (subject to hydrolysis) is 1. The molecule has 16 heteroatoms. The lowest BCUT2D eigenvalue weighted by Gasteiger charge is -2.14. The van der Waals surface area contributed by atoms with E-state index < -0.39 is 35.1 Å². The molecule has 0 aliphatic heterocycles. The second-order valence-corrected chi connectivity index (χ2v) is 7.71. The van der Waals surface area contributed by atoms with Crippen molar-refractivity contribution < 1.29 is 28.6 Å². The number of hydrogen-bond donors (Lipinski definition) is 1. The van der Waals surface area contributed by atoms with Crippen LogP contribution in [0.2, 0.25) is 0 Å². The van der Waals surface area contributed by atoms with E-state index in [1.165, 1.54) is 0 Å². The van der Waals surface area contributed by atoms with Crippen molar-refractivity contribution in [1.82, 2.24) is 19.0 Å². The summed E-state index contributed by atoms with van der Waals surface area (Å²) < 4.78 is 16.7. The first-order valence-corrected chi connectivity index (χ1v) is 12.0. The monoisotopic (exact) mass is 547 g/mol. The van der Waals surface area contributed by atoms with E-state index in [9.17, 15) is 28.8 Å². The zero-order valence-corrected chi connectivity index (χ0v) is 21.3. The van der Waals surface area contributed by atoms with Crippen molar-refractivity contribution in [3.8, 4) is 12.1 Å². The number of carbonyl (C=O) groups excluding carboxylic acids is 3. The van der Waals surface area contributed by atoms with Gasteiger partial charge in [0.2, 0.25) is 6.54 Å². The Hall–Kier alpha value is -4.91. The molecule has 0 bridgehead atoms. The highest BCUT2D eigenvalue weighted by atomic mass is 16.5. The molecule has 1 aromatic heterocycles. The van der Waals surface area contributed by atoms with Gasteiger partial charge in [0.25, 0.3) is 0 Å². The zero-order chi connectivity index (χ0) is 29.0. The van der Waals surface area contributed by atoms with Gasteiger partial charge in [0.15, 0.2) is 6.61 Å². The van der Waals surface area contributed by atoms with Crippen molar-refractivity contribution >= 4 is 18.0 Å². The van der Waals surface area contributed by atoms with Gasteiger partial charge in [-0.05, 0) is 12.8 Å². The van der Waals surface area contributed by atoms with Crippen LogP contribution in [0, 0.1) is 29.2 Å². The van der Waals surface area contributed by atoms with Gasteiger partial charge in [-0.1, -0.05) is 0 Å². The second-order valence-electron chi connectivity index (χ2n) is 7.71. The molecular formula is C23H29N7O9. The van der Waals surface area contributed by atoms with Crippen LogP contribution < -0.4 is 22.4 Å². The number of ether oxygens (including phenoxy) is 3. The number of hydrogen-bond acceptors (Lipinski definition) is 11. The van der Waals surface area contributed by atoms with Crippen molar-refractivity contribution in [2.45, 2.75) is 58.2 Å². The number of esters is 2. The highest BCUT2D eigenvalue weighted by Crippen LogP contribution is 1.97. The highest BCUT2D eigenvalue weighted by Gasteiger charge is 2.17. The molecule has 0 unspecified atom stereocenters. The fraction of sp³-hybridized carbons (Fsp3) is 0.609. The second kappa shape index (κ2) is 18.4. The molecular weight excluding hydrogens is 518 g/mol. The minimum absolute atomic E-state index is 0.00658. The molecule has 0 saturated heterocycles. The van der Waals surface area contributed by atoms with Crippen LogP contribution in [0.15, 0.2) is 14.4 Å². The number of nitriles is 2. The molecule has 0 aliphatic rings. The first-order valence-electron chi connectivity index (χ1n) is 12.0. The van der Waals surface area contributed by atoms with Crippen LogP contribution in [-0.2, 0) is 43.4 Å². The van der Waals surface area contributed by atoms with Gasteiger partial charge in [0, 0.05) is 39.0 Å². The summed E-state index contributed by atoms with van der Waals surface area (Å²) in [4.78, 5) is 77.1. The maximum Gasteiger partial charge on any atom is 0.407 e. The van der Waals surface area contributed by atoms with Crippen molar-refractivity contribution in [2.75, 3.05) is 32.9 Å². The smallest absolute Gasteiger partial charge is 0.407 e. The molecule has 1 heterocycles. The summed E-state index contributed by atoms with van der Waals surface area (Å²) in [7, 11) is 0. The van der Waals surface area contributed by atoms with Crippen molar-refractivity contribution in [3.05, 3.63) is 42.9 Å². The summed E-state index contributed by atoms with van der Waals surface area (Å²) in [6.45, 7) is 5.39. The Kier molecular flexibility index (Phi) is 15.1. The summed E-state index contributed by atoms with van der Waals surface area (Å²) in [5.41, 5.74) is -2.86. The Balaban J connectivity index is 3.03. The van der Waals surface area contributed by atoms with Gasteiger partial charge in [-0.15, -0.1) is 0 Å². The van der Waals surface area contributed by atoms with Gasteiger partial charge in [-0.3, -0.25) is 9.59 Å². The van der Waals surface area contributed by atoms with Crippen molar-refractivity contribution in [3.63, 3.8) is 0 Å². The molecule has 210 valence electrons. The van der Waals surface area contributed by atoms with Gasteiger partial charge in [-0.25, -0.2) is 39.5 Å². The minimum atomic E-state index is -0.961. The fourth-order valence-corrected chi connectivity index (χ4v) is 3.09. The van der Waals surface area contributed by atoms with Gasteiger partial charge in [0.05, 0.1) is 25.0 Å². The predicted molar refractivity (Wildman–Crippen MR) is 131 cm³/mol. The Bertz CT molecular complexity index is 1100. The maximum absolute atomic E-state index is 13.0. The number of rotatable bonds is 17. The van der Waals surface area contributed by atoms with Crippen LogP contribution in [0.4, 0.5) is 4.79 Å². The van der Waals surface area contributed by atoms with Crippen LogP contribution >= 0.6 is 0 Å². The Morgan fingerprint density at radius 1 is 0.769 bits per heavy atom. The first kappa shape index (κ1) is 32.1. The molecule has 0 saturated carbocycles. The number of carbonyl (C=O) groups is 3. The molecule has 0 spiro atoms. The van der Waals surface area contributed by atoms with Crippen LogP contribution in [0.3, 0.4) is 0 Å². The van der Waals surface area contributed by atoms with Crippen LogP contribution in [0.5, 0.6) is 0 Å². The normalized spacial score (nSPS) is 9.97. The molecule has 0 aromatic carbocycles. The third kappa shape index (κ3) is 11.8. The van der Waals surface area contributed by atoms with Gasteiger partial charge in [0.1, 0.15) is 13.2 Å². The van der Waals surface area contributed by atoms with Crippen molar-refractivity contribution in [2.24, 2.45) is 0 Å². The number of nitrogens with one attached hydrogen (secondary N) is 1. The van der Waals surface area contributed by atoms with Crippen LogP contribution in [0.25, 0.3) is 4.85 Å². The first-order chi connectivity index (χ1) is 18.8. The van der Waals surface area contributed by atoms with E-state index in [4.69, 9.17) is 31.3 Å². The average molecular weight is 548 g/mol. The lowest BCUT2D eigenvalue weighted by Crippen LogP contribution is -2.55. The molecule has 1 amide bonds. The van der Waals surface area contributed by atoms with Gasteiger partial charge >= 0.3 is 35.1 Å². The van der Waals surface area contributed by atoms with Crippen LogP contribution in [-0.4, -0.2) is 64.6 Å². The standard InChI is InChI=1S/C23H29N7O9/c1-26-11-17-38-19(32)7-3-13-29-21(34)28(12-2-6-18(31)37-15-4-8-24)22(35)30(23(29)36)14-10-27-20(33)39-16-5-9-25/h2-7,10-17H2,(H,27,33). The minimum Gasteiger partial charge on any atom is -0.465 e. The quantitative estimate of drug-likeness (QED) is 0.111. The number of amides is 1. The summed E-state index contributed by atoms with van der Waals surface area (Å²) in [5.74, 6) is -1.24. The molecule has 39 heavy (non-hydrogen) atoms. The zero-order valence-electron chi connectivity index (χ0n) is 21.3. The third-order valence-electron chi connectivity index (χ3n) is 4.91. The molecule has 0 atom stereocenters. The summed E-state index contributed by atoms with van der Waals surface area (Å²) >= 11 is 0. The van der Waals surface area contributed by atoms with E-state index in [1.54, 1.807) is 6.07 Å². The van der Waals surface area contributed by atoms with Gasteiger partial charge in [-0.2, -0.15) is 10.5 Å². The highest BCUT2D eigenvalue weighted by molar-refractivity contribution is 5.69.